The number of amides is 1. The molecule has 0 saturated heterocycles. The van der Waals surface area contributed by atoms with Crippen molar-refractivity contribution in [2.24, 2.45) is 5.92 Å². The summed E-state index contributed by atoms with van der Waals surface area (Å²) in [4.78, 5) is 11.7. The minimum Gasteiger partial charge on any atom is -0.394 e. The monoisotopic (exact) mass is 301 g/mol. The summed E-state index contributed by atoms with van der Waals surface area (Å²) in [5.74, 6) is 1.36. The highest BCUT2D eigenvalue weighted by Gasteiger charge is 2.14. The zero-order valence-electron chi connectivity index (χ0n) is 11.2. The number of carbonyl (C=O) groups excluding carboxylic acids is 1. The molecule has 3 nitrogen and oxygen atoms in total. The Kier molecular flexibility index (Phi) is 7.28. The van der Waals surface area contributed by atoms with Gasteiger partial charge in [0, 0.05) is 10.8 Å². The predicted molar refractivity (Wildman–Crippen MR) is 81.5 cm³/mol. The van der Waals surface area contributed by atoms with Gasteiger partial charge in [-0.15, -0.1) is 11.8 Å². The van der Waals surface area contributed by atoms with Crippen molar-refractivity contribution in [1.82, 2.24) is 5.32 Å². The number of rotatable bonds is 7. The first-order chi connectivity index (χ1) is 9.02. The molecule has 1 atom stereocenters. The molecular weight excluding hydrogens is 282 g/mol. The molecule has 2 N–H and O–H groups in total. The fourth-order valence-electron chi connectivity index (χ4n) is 1.51. The van der Waals surface area contributed by atoms with Crippen LogP contribution < -0.4 is 5.32 Å². The number of aliphatic hydroxyl groups is 1. The Morgan fingerprint density at radius 2 is 2.00 bits per heavy atom. The van der Waals surface area contributed by atoms with Gasteiger partial charge in [0.25, 0.3) is 0 Å². The van der Waals surface area contributed by atoms with Gasteiger partial charge in [-0.05, 0) is 23.6 Å². The van der Waals surface area contributed by atoms with Crippen molar-refractivity contribution in [3.8, 4) is 0 Å². The quantitative estimate of drug-likeness (QED) is 0.814. The molecule has 1 amide bonds. The molecule has 0 aromatic heterocycles. The second-order valence-electron chi connectivity index (χ2n) is 4.72. The molecule has 0 aliphatic carbocycles. The Morgan fingerprint density at radius 1 is 1.37 bits per heavy atom. The van der Waals surface area contributed by atoms with E-state index < -0.39 is 0 Å². The normalized spacial score (nSPS) is 12.5. The molecule has 0 bridgehead atoms. The van der Waals surface area contributed by atoms with E-state index in [1.165, 1.54) is 0 Å². The van der Waals surface area contributed by atoms with E-state index >= 15 is 0 Å². The Labute approximate surface area is 123 Å². The topological polar surface area (TPSA) is 49.3 Å². The van der Waals surface area contributed by atoms with Crippen LogP contribution in [0.2, 0.25) is 5.02 Å². The highest BCUT2D eigenvalue weighted by molar-refractivity contribution is 7.99. The van der Waals surface area contributed by atoms with Crippen molar-refractivity contribution in [2.45, 2.75) is 25.6 Å². The van der Waals surface area contributed by atoms with Crippen LogP contribution in [0.1, 0.15) is 19.4 Å². The molecule has 0 spiro atoms. The van der Waals surface area contributed by atoms with Crippen LogP contribution in [0.15, 0.2) is 24.3 Å². The van der Waals surface area contributed by atoms with Crippen LogP contribution in [0.5, 0.6) is 0 Å². The maximum atomic E-state index is 11.7. The molecule has 1 aromatic carbocycles. The van der Waals surface area contributed by atoms with E-state index in [0.717, 1.165) is 11.3 Å². The van der Waals surface area contributed by atoms with Gasteiger partial charge in [0.1, 0.15) is 0 Å². The number of nitrogens with one attached hydrogen (secondary N) is 1. The molecule has 0 aliphatic heterocycles. The van der Waals surface area contributed by atoms with Crippen molar-refractivity contribution < 1.29 is 9.90 Å². The summed E-state index contributed by atoms with van der Waals surface area (Å²) in [7, 11) is 0. The standard InChI is InChI=1S/C14H20ClNO2S/c1-10(2)13(7-17)16-14(18)9-19-8-11-3-5-12(15)6-4-11/h3-6,10,13,17H,7-9H2,1-2H3,(H,16,18). The van der Waals surface area contributed by atoms with E-state index in [2.05, 4.69) is 5.32 Å². The third kappa shape index (κ3) is 6.32. The predicted octanol–water partition coefficient (Wildman–Crippen LogP) is 2.71. The van der Waals surface area contributed by atoms with Crippen LogP contribution in [-0.2, 0) is 10.5 Å². The van der Waals surface area contributed by atoms with E-state index in [9.17, 15) is 4.79 Å². The average molecular weight is 302 g/mol. The SMILES string of the molecule is CC(C)C(CO)NC(=O)CSCc1ccc(Cl)cc1. The van der Waals surface area contributed by atoms with Gasteiger partial charge < -0.3 is 10.4 Å². The van der Waals surface area contributed by atoms with E-state index in [4.69, 9.17) is 16.7 Å². The van der Waals surface area contributed by atoms with E-state index in [1.54, 1.807) is 11.8 Å². The van der Waals surface area contributed by atoms with Crippen LogP contribution >= 0.6 is 23.4 Å². The highest BCUT2D eigenvalue weighted by Crippen LogP contribution is 2.15. The van der Waals surface area contributed by atoms with Gasteiger partial charge in [-0.25, -0.2) is 0 Å². The first-order valence-electron chi connectivity index (χ1n) is 6.25. The number of carbonyl (C=O) groups is 1. The van der Waals surface area contributed by atoms with Gasteiger partial charge in [0.2, 0.25) is 5.91 Å². The Hall–Kier alpha value is -0.710. The van der Waals surface area contributed by atoms with E-state index in [-0.39, 0.29) is 24.5 Å². The molecule has 1 aromatic rings. The van der Waals surface area contributed by atoms with Crippen molar-refractivity contribution in [2.75, 3.05) is 12.4 Å². The Morgan fingerprint density at radius 3 is 2.53 bits per heavy atom. The third-order valence-electron chi connectivity index (χ3n) is 2.76. The lowest BCUT2D eigenvalue weighted by molar-refractivity contribution is -0.119. The fraction of sp³-hybridized carbons (Fsp3) is 0.500. The number of benzene rings is 1. The number of thioether (sulfide) groups is 1. The lowest BCUT2D eigenvalue weighted by Crippen LogP contribution is -2.42. The van der Waals surface area contributed by atoms with Crippen LogP contribution in [0.25, 0.3) is 0 Å². The molecule has 1 rings (SSSR count). The molecule has 0 radical (unpaired) electrons. The Balaban J connectivity index is 2.29. The summed E-state index contributed by atoms with van der Waals surface area (Å²) in [6.07, 6.45) is 0. The fourth-order valence-corrected chi connectivity index (χ4v) is 2.44. The van der Waals surface area contributed by atoms with Gasteiger partial charge in [0.15, 0.2) is 0 Å². The molecule has 0 fully saturated rings. The smallest absolute Gasteiger partial charge is 0.230 e. The molecule has 0 aliphatic rings. The summed E-state index contributed by atoms with van der Waals surface area (Å²) in [6, 6.07) is 7.44. The van der Waals surface area contributed by atoms with Gasteiger partial charge in [0.05, 0.1) is 18.4 Å². The second-order valence-corrected chi connectivity index (χ2v) is 6.14. The van der Waals surface area contributed by atoms with Crippen molar-refractivity contribution in [1.29, 1.82) is 0 Å². The molecule has 1 unspecified atom stereocenters. The summed E-state index contributed by atoms with van der Waals surface area (Å²) in [5, 5.41) is 12.7. The largest absolute Gasteiger partial charge is 0.394 e. The molecule has 0 heterocycles. The first kappa shape index (κ1) is 16.3. The third-order valence-corrected chi connectivity index (χ3v) is 4.02. The van der Waals surface area contributed by atoms with Crippen molar-refractivity contribution in [3.63, 3.8) is 0 Å². The highest BCUT2D eigenvalue weighted by atomic mass is 35.5. The van der Waals surface area contributed by atoms with Crippen molar-refractivity contribution >= 4 is 29.3 Å². The van der Waals surface area contributed by atoms with E-state index in [1.807, 2.05) is 38.1 Å². The maximum Gasteiger partial charge on any atom is 0.230 e. The molecule has 0 saturated carbocycles. The zero-order chi connectivity index (χ0) is 14.3. The average Bonchev–Trinajstić information content (AvgIpc) is 2.38. The maximum absolute atomic E-state index is 11.7. The van der Waals surface area contributed by atoms with Crippen LogP contribution in [0.4, 0.5) is 0 Å². The van der Waals surface area contributed by atoms with Gasteiger partial charge in [-0.1, -0.05) is 37.6 Å². The zero-order valence-corrected chi connectivity index (χ0v) is 12.8. The van der Waals surface area contributed by atoms with Gasteiger partial charge >= 0.3 is 0 Å². The number of aliphatic hydroxyl groups excluding tert-OH is 1. The molecular formula is C14H20ClNO2S. The van der Waals surface area contributed by atoms with Crippen LogP contribution in [-0.4, -0.2) is 29.4 Å². The molecule has 5 heteroatoms. The minimum atomic E-state index is -0.163. The lowest BCUT2D eigenvalue weighted by atomic mass is 10.1. The number of halogens is 1. The van der Waals surface area contributed by atoms with Crippen LogP contribution in [0.3, 0.4) is 0 Å². The summed E-state index contributed by atoms with van der Waals surface area (Å²) in [6.45, 7) is 3.93. The summed E-state index contributed by atoms with van der Waals surface area (Å²) >= 11 is 7.35. The van der Waals surface area contributed by atoms with Gasteiger partial charge in [-0.3, -0.25) is 4.79 Å². The van der Waals surface area contributed by atoms with Crippen LogP contribution in [0, 0.1) is 5.92 Å². The number of hydrogen-bond donors (Lipinski definition) is 2. The summed E-state index contributed by atoms with van der Waals surface area (Å²) in [5.41, 5.74) is 1.14. The second kappa shape index (κ2) is 8.46. The molecule has 106 valence electrons. The minimum absolute atomic E-state index is 0.0226. The van der Waals surface area contributed by atoms with Crippen molar-refractivity contribution in [3.05, 3.63) is 34.9 Å². The molecule has 19 heavy (non-hydrogen) atoms. The summed E-state index contributed by atoms with van der Waals surface area (Å²) < 4.78 is 0. The number of hydrogen-bond acceptors (Lipinski definition) is 3. The Bertz CT molecular complexity index is 395. The van der Waals surface area contributed by atoms with E-state index in [0.29, 0.717) is 10.8 Å². The first-order valence-corrected chi connectivity index (χ1v) is 7.78. The lowest BCUT2D eigenvalue weighted by Gasteiger charge is -2.19. The van der Waals surface area contributed by atoms with Gasteiger partial charge in [-0.2, -0.15) is 0 Å².